The molecule has 1 saturated heterocycles. The van der Waals surface area contributed by atoms with E-state index in [0.29, 0.717) is 5.92 Å². The van der Waals surface area contributed by atoms with E-state index in [9.17, 15) is 5.11 Å². The highest BCUT2D eigenvalue weighted by atomic mass is 79.9. The molecule has 1 heterocycles. The van der Waals surface area contributed by atoms with Gasteiger partial charge in [-0.25, -0.2) is 0 Å². The molecule has 1 aromatic carbocycles. The molecular formula is C16H25BrN2O. The normalized spacial score (nSPS) is 23.1. The van der Waals surface area contributed by atoms with Crippen LogP contribution in [0.25, 0.3) is 0 Å². The van der Waals surface area contributed by atoms with E-state index in [1.165, 1.54) is 11.3 Å². The number of piperidine rings is 1. The van der Waals surface area contributed by atoms with Crippen LogP contribution in [0, 0.1) is 5.92 Å². The van der Waals surface area contributed by atoms with Crippen molar-refractivity contribution in [2.45, 2.75) is 39.3 Å². The fourth-order valence-corrected chi connectivity index (χ4v) is 3.07. The molecule has 4 heteroatoms. The minimum absolute atomic E-state index is 0.214. The lowest BCUT2D eigenvalue weighted by molar-refractivity contribution is 0.103. The third-order valence-corrected chi connectivity index (χ3v) is 4.80. The topological polar surface area (TPSA) is 35.5 Å². The van der Waals surface area contributed by atoms with Crippen molar-refractivity contribution in [3.63, 3.8) is 0 Å². The van der Waals surface area contributed by atoms with E-state index in [1.54, 1.807) is 0 Å². The quantitative estimate of drug-likeness (QED) is 0.808. The standard InChI is InChI=1S/C16H25BrN2O/c1-3-7-18-10-13-4-5-14(9-15(13)17)19-8-6-12(2)16(20)11-19/h4-5,9,12,16,18,20H,3,6-8,10-11H2,1-2H3. The maximum atomic E-state index is 10.0. The fraction of sp³-hybridized carbons (Fsp3) is 0.625. The molecule has 2 rings (SSSR count). The summed E-state index contributed by atoms with van der Waals surface area (Å²) in [5.74, 6) is 0.409. The van der Waals surface area contributed by atoms with E-state index in [2.05, 4.69) is 58.2 Å². The third-order valence-electron chi connectivity index (χ3n) is 4.06. The molecule has 3 nitrogen and oxygen atoms in total. The molecular weight excluding hydrogens is 316 g/mol. The van der Waals surface area contributed by atoms with Gasteiger partial charge in [-0.2, -0.15) is 0 Å². The van der Waals surface area contributed by atoms with Crippen molar-refractivity contribution in [3.8, 4) is 0 Å². The smallest absolute Gasteiger partial charge is 0.0741 e. The largest absolute Gasteiger partial charge is 0.391 e. The monoisotopic (exact) mass is 340 g/mol. The van der Waals surface area contributed by atoms with Crippen molar-refractivity contribution in [2.75, 3.05) is 24.5 Å². The minimum Gasteiger partial charge on any atom is -0.391 e. The number of halogens is 1. The Balaban J connectivity index is 2.01. The number of aliphatic hydroxyl groups is 1. The van der Waals surface area contributed by atoms with Crippen LogP contribution in [0.5, 0.6) is 0 Å². The fourth-order valence-electron chi connectivity index (χ4n) is 2.56. The van der Waals surface area contributed by atoms with Gasteiger partial charge in [0.15, 0.2) is 0 Å². The summed E-state index contributed by atoms with van der Waals surface area (Å²) in [7, 11) is 0. The highest BCUT2D eigenvalue weighted by molar-refractivity contribution is 9.10. The van der Waals surface area contributed by atoms with Crippen LogP contribution in [-0.2, 0) is 6.54 Å². The number of β-amino-alcohol motifs (C(OH)–C–C–N with tert-alkyl or cyclic N) is 1. The molecule has 1 fully saturated rings. The van der Waals surface area contributed by atoms with Gasteiger partial charge in [-0.15, -0.1) is 0 Å². The van der Waals surface area contributed by atoms with Gasteiger partial charge in [0.1, 0.15) is 0 Å². The van der Waals surface area contributed by atoms with Crippen molar-refractivity contribution >= 4 is 21.6 Å². The number of nitrogens with one attached hydrogen (secondary N) is 1. The van der Waals surface area contributed by atoms with Gasteiger partial charge >= 0.3 is 0 Å². The second-order valence-corrected chi connectivity index (χ2v) is 6.59. The zero-order valence-corrected chi connectivity index (χ0v) is 14.0. The Hall–Kier alpha value is -0.580. The van der Waals surface area contributed by atoms with Crippen molar-refractivity contribution in [1.82, 2.24) is 5.32 Å². The Labute approximate surface area is 130 Å². The summed E-state index contributed by atoms with van der Waals surface area (Å²) in [6.07, 6.45) is 1.99. The molecule has 0 aromatic heterocycles. The summed E-state index contributed by atoms with van der Waals surface area (Å²) in [6.45, 7) is 8.01. The second-order valence-electron chi connectivity index (χ2n) is 5.73. The van der Waals surface area contributed by atoms with E-state index >= 15 is 0 Å². The zero-order chi connectivity index (χ0) is 14.5. The van der Waals surface area contributed by atoms with Gasteiger partial charge in [0.2, 0.25) is 0 Å². The molecule has 2 unspecified atom stereocenters. The Morgan fingerprint density at radius 1 is 1.45 bits per heavy atom. The molecule has 0 spiro atoms. The predicted molar refractivity (Wildman–Crippen MR) is 88.1 cm³/mol. The Bertz CT molecular complexity index is 438. The van der Waals surface area contributed by atoms with Crippen LogP contribution in [-0.4, -0.2) is 30.8 Å². The van der Waals surface area contributed by atoms with Gasteiger partial charge in [0, 0.05) is 29.8 Å². The van der Waals surface area contributed by atoms with E-state index in [0.717, 1.165) is 43.5 Å². The van der Waals surface area contributed by atoms with E-state index in [1.807, 2.05) is 0 Å². The van der Waals surface area contributed by atoms with Crippen molar-refractivity contribution < 1.29 is 5.11 Å². The maximum absolute atomic E-state index is 10.0. The van der Waals surface area contributed by atoms with Gasteiger partial charge < -0.3 is 15.3 Å². The highest BCUT2D eigenvalue weighted by Crippen LogP contribution is 2.27. The molecule has 1 aliphatic rings. The SMILES string of the molecule is CCCNCc1ccc(N2CCC(C)C(O)C2)cc1Br. The molecule has 0 amide bonds. The van der Waals surface area contributed by atoms with E-state index < -0.39 is 0 Å². The molecule has 112 valence electrons. The van der Waals surface area contributed by atoms with Gasteiger partial charge in [0.05, 0.1) is 6.10 Å². The van der Waals surface area contributed by atoms with Crippen LogP contribution in [0.2, 0.25) is 0 Å². The number of rotatable bonds is 5. The first-order valence-electron chi connectivity index (χ1n) is 7.54. The first kappa shape index (κ1) is 15.8. The maximum Gasteiger partial charge on any atom is 0.0741 e. The summed E-state index contributed by atoms with van der Waals surface area (Å²) in [5, 5.41) is 13.4. The number of benzene rings is 1. The lowest BCUT2D eigenvalue weighted by atomic mass is 9.95. The molecule has 20 heavy (non-hydrogen) atoms. The predicted octanol–water partition coefficient (Wildman–Crippen LogP) is 3.16. The molecule has 0 saturated carbocycles. The number of hydrogen-bond acceptors (Lipinski definition) is 3. The first-order valence-corrected chi connectivity index (χ1v) is 8.33. The van der Waals surface area contributed by atoms with Crippen molar-refractivity contribution in [1.29, 1.82) is 0 Å². The van der Waals surface area contributed by atoms with Crippen molar-refractivity contribution in [2.24, 2.45) is 5.92 Å². The average molecular weight is 341 g/mol. The Morgan fingerprint density at radius 3 is 2.90 bits per heavy atom. The lowest BCUT2D eigenvalue weighted by Gasteiger charge is -2.36. The van der Waals surface area contributed by atoms with Crippen LogP contribution in [0.4, 0.5) is 5.69 Å². The molecule has 2 N–H and O–H groups in total. The van der Waals surface area contributed by atoms with Crippen LogP contribution < -0.4 is 10.2 Å². The third kappa shape index (κ3) is 3.96. The number of aliphatic hydroxyl groups excluding tert-OH is 1. The summed E-state index contributed by atoms with van der Waals surface area (Å²) in [4.78, 5) is 2.28. The Kier molecular flexibility index (Phi) is 5.87. The van der Waals surface area contributed by atoms with Crippen molar-refractivity contribution in [3.05, 3.63) is 28.2 Å². The molecule has 0 radical (unpaired) electrons. The van der Waals surface area contributed by atoms with E-state index in [-0.39, 0.29) is 6.10 Å². The molecule has 2 atom stereocenters. The summed E-state index contributed by atoms with van der Waals surface area (Å²) in [5.41, 5.74) is 2.48. The minimum atomic E-state index is -0.214. The summed E-state index contributed by atoms with van der Waals surface area (Å²) in [6, 6.07) is 6.51. The number of nitrogens with zero attached hydrogens (tertiary/aromatic N) is 1. The van der Waals surface area contributed by atoms with Gasteiger partial charge in [-0.1, -0.05) is 35.8 Å². The second kappa shape index (κ2) is 7.43. The van der Waals surface area contributed by atoms with Crippen LogP contribution >= 0.6 is 15.9 Å². The molecule has 1 aromatic rings. The van der Waals surface area contributed by atoms with Gasteiger partial charge in [-0.05, 0) is 43.0 Å². The molecule has 1 aliphatic heterocycles. The van der Waals surface area contributed by atoms with E-state index in [4.69, 9.17) is 0 Å². The molecule has 0 aliphatic carbocycles. The first-order chi connectivity index (χ1) is 9.61. The van der Waals surface area contributed by atoms with Crippen LogP contribution in [0.1, 0.15) is 32.3 Å². The number of anilines is 1. The molecule has 0 bridgehead atoms. The van der Waals surface area contributed by atoms with Crippen LogP contribution in [0.15, 0.2) is 22.7 Å². The summed E-state index contributed by atoms with van der Waals surface area (Å²) < 4.78 is 1.15. The van der Waals surface area contributed by atoms with Crippen LogP contribution in [0.3, 0.4) is 0 Å². The number of hydrogen-bond donors (Lipinski definition) is 2. The summed E-state index contributed by atoms with van der Waals surface area (Å²) >= 11 is 3.66. The lowest BCUT2D eigenvalue weighted by Crippen LogP contribution is -2.42. The Morgan fingerprint density at radius 2 is 2.25 bits per heavy atom. The zero-order valence-electron chi connectivity index (χ0n) is 12.4. The highest BCUT2D eigenvalue weighted by Gasteiger charge is 2.24. The average Bonchev–Trinajstić information content (AvgIpc) is 2.44. The van der Waals surface area contributed by atoms with Gasteiger partial charge in [-0.3, -0.25) is 0 Å². The van der Waals surface area contributed by atoms with Gasteiger partial charge in [0.25, 0.3) is 0 Å².